The van der Waals surface area contributed by atoms with E-state index in [9.17, 15) is 9.59 Å². The Bertz CT molecular complexity index is 1380. The van der Waals surface area contributed by atoms with Gasteiger partial charge >= 0.3 is 6.09 Å². The molecule has 0 saturated carbocycles. The van der Waals surface area contributed by atoms with Crippen LogP contribution in [-0.4, -0.2) is 49.7 Å². The second kappa shape index (κ2) is 10.3. The maximum Gasteiger partial charge on any atom is 0.407 e. The van der Waals surface area contributed by atoms with Gasteiger partial charge in [0.25, 0.3) is 0 Å². The molecule has 0 unspecified atom stereocenters. The van der Waals surface area contributed by atoms with Gasteiger partial charge in [-0.25, -0.2) is 9.31 Å². The zero-order chi connectivity index (χ0) is 25.1. The highest BCUT2D eigenvalue weighted by molar-refractivity contribution is 7.99. The predicted octanol–water partition coefficient (Wildman–Crippen LogP) is 5.44. The fraction of sp³-hybridized carbons (Fsp3) is 0.231. The van der Waals surface area contributed by atoms with Gasteiger partial charge in [-0.1, -0.05) is 23.9 Å². The van der Waals surface area contributed by atoms with Crippen LogP contribution >= 0.6 is 11.8 Å². The first-order valence-electron chi connectivity index (χ1n) is 11.7. The number of hydrogen-bond acceptors (Lipinski definition) is 6. The highest BCUT2D eigenvalue weighted by Crippen LogP contribution is 2.32. The first kappa shape index (κ1) is 23.7. The summed E-state index contributed by atoms with van der Waals surface area (Å²) in [7, 11) is 0. The molecular formula is C26H26N6O3S. The number of rotatable bonds is 6. The third kappa shape index (κ3) is 5.44. The Labute approximate surface area is 212 Å². The maximum absolute atomic E-state index is 11.2. The number of carboxylic acid groups (broad SMARTS) is 1. The second-order valence-electron chi connectivity index (χ2n) is 8.67. The van der Waals surface area contributed by atoms with Gasteiger partial charge in [-0.05, 0) is 72.9 Å². The van der Waals surface area contributed by atoms with Crippen molar-refractivity contribution in [2.75, 3.05) is 23.7 Å². The van der Waals surface area contributed by atoms with Crippen molar-refractivity contribution in [1.29, 1.82) is 0 Å². The quantitative estimate of drug-likeness (QED) is 0.322. The molecule has 1 saturated heterocycles. The molecule has 1 aliphatic heterocycles. The van der Waals surface area contributed by atoms with E-state index in [0.717, 1.165) is 39.7 Å². The number of fused-ring (bicyclic) bond motifs is 1. The summed E-state index contributed by atoms with van der Waals surface area (Å²) in [6.07, 6.45) is 2.70. The Hall–Kier alpha value is -4.05. The van der Waals surface area contributed by atoms with Crippen LogP contribution < -0.4 is 10.6 Å². The average Bonchev–Trinajstić information content (AvgIpc) is 3.29. The molecule has 2 aromatic heterocycles. The van der Waals surface area contributed by atoms with E-state index in [-0.39, 0.29) is 5.91 Å². The molecule has 0 bridgehead atoms. The molecule has 0 radical (unpaired) electrons. The van der Waals surface area contributed by atoms with Gasteiger partial charge in [0, 0.05) is 42.5 Å². The number of pyridine rings is 1. The van der Waals surface area contributed by atoms with E-state index in [1.165, 1.54) is 17.4 Å². The Morgan fingerprint density at radius 3 is 2.36 bits per heavy atom. The van der Waals surface area contributed by atoms with Crippen molar-refractivity contribution in [3.05, 3.63) is 72.4 Å². The van der Waals surface area contributed by atoms with Crippen molar-refractivity contribution in [2.45, 2.75) is 35.5 Å². The van der Waals surface area contributed by atoms with Gasteiger partial charge in [0.1, 0.15) is 0 Å². The van der Waals surface area contributed by atoms with Crippen LogP contribution in [0.4, 0.5) is 22.1 Å². The number of carbonyl (C=O) groups excluding carboxylic acids is 1. The normalized spacial score (nSPS) is 14.1. The lowest BCUT2D eigenvalue weighted by Gasteiger charge is -2.30. The number of piperidine rings is 1. The Balaban J connectivity index is 1.26. The standard InChI is InChI=1S/C26H26N6O3S/c1-17(33)27-20-8-10-22(11-9-20)36-23-3-2-14-32-24(23)29-25(30-32)28-21-6-4-18(5-7-21)19-12-15-31(16-13-19)26(34)35/h2-11,14,19H,12-13,15-16H2,1H3,(H,27,33)(H,28,30)(H,34,35). The highest BCUT2D eigenvalue weighted by Gasteiger charge is 2.23. The molecule has 1 aliphatic rings. The van der Waals surface area contributed by atoms with Crippen LogP contribution in [-0.2, 0) is 4.79 Å². The van der Waals surface area contributed by atoms with Crippen molar-refractivity contribution < 1.29 is 14.7 Å². The van der Waals surface area contributed by atoms with Crippen LogP contribution in [0.2, 0.25) is 0 Å². The average molecular weight is 503 g/mol. The van der Waals surface area contributed by atoms with Crippen molar-refractivity contribution in [3.8, 4) is 0 Å². The van der Waals surface area contributed by atoms with E-state index in [4.69, 9.17) is 10.1 Å². The van der Waals surface area contributed by atoms with Crippen LogP contribution in [0.25, 0.3) is 5.65 Å². The molecule has 9 nitrogen and oxygen atoms in total. The van der Waals surface area contributed by atoms with Crippen molar-refractivity contribution >= 4 is 46.7 Å². The van der Waals surface area contributed by atoms with Crippen LogP contribution in [0.3, 0.4) is 0 Å². The van der Waals surface area contributed by atoms with Crippen LogP contribution in [0, 0.1) is 0 Å². The number of hydrogen-bond donors (Lipinski definition) is 3. The molecule has 2 amide bonds. The maximum atomic E-state index is 11.2. The Kier molecular flexibility index (Phi) is 6.77. The lowest BCUT2D eigenvalue weighted by Crippen LogP contribution is -2.36. The fourth-order valence-corrected chi connectivity index (χ4v) is 5.23. The molecule has 4 aromatic rings. The number of anilines is 3. The number of carbonyl (C=O) groups is 2. The first-order chi connectivity index (χ1) is 17.4. The summed E-state index contributed by atoms with van der Waals surface area (Å²) in [5.41, 5.74) is 3.62. The number of aromatic nitrogens is 3. The number of amides is 2. The fourth-order valence-electron chi connectivity index (χ4n) is 4.32. The van der Waals surface area contributed by atoms with Gasteiger partial charge in [0.15, 0.2) is 5.65 Å². The number of nitrogens with zero attached hydrogens (tertiary/aromatic N) is 4. The van der Waals surface area contributed by atoms with Crippen LogP contribution in [0.1, 0.15) is 31.2 Å². The summed E-state index contributed by atoms with van der Waals surface area (Å²) >= 11 is 1.58. The molecule has 5 rings (SSSR count). The Morgan fingerprint density at radius 1 is 1.00 bits per heavy atom. The number of benzene rings is 2. The summed E-state index contributed by atoms with van der Waals surface area (Å²) in [5, 5.41) is 19.8. The minimum absolute atomic E-state index is 0.0978. The summed E-state index contributed by atoms with van der Waals surface area (Å²) in [4.78, 5) is 30.5. The minimum atomic E-state index is -0.839. The molecule has 2 aromatic carbocycles. The monoisotopic (exact) mass is 502 g/mol. The van der Waals surface area contributed by atoms with Crippen molar-refractivity contribution in [1.82, 2.24) is 19.5 Å². The van der Waals surface area contributed by atoms with E-state index < -0.39 is 6.09 Å². The van der Waals surface area contributed by atoms with E-state index in [2.05, 4.69) is 27.9 Å². The SMILES string of the molecule is CC(=O)Nc1ccc(Sc2cccn3nc(Nc4ccc(C5CCN(C(=O)O)CC5)cc4)nc23)cc1. The van der Waals surface area contributed by atoms with Gasteiger partial charge in [-0.2, -0.15) is 4.98 Å². The zero-order valence-corrected chi connectivity index (χ0v) is 20.5. The smallest absolute Gasteiger partial charge is 0.407 e. The van der Waals surface area contributed by atoms with Crippen LogP contribution in [0.5, 0.6) is 0 Å². The molecule has 0 spiro atoms. The highest BCUT2D eigenvalue weighted by atomic mass is 32.2. The van der Waals surface area contributed by atoms with Crippen LogP contribution in [0.15, 0.2) is 76.7 Å². The van der Waals surface area contributed by atoms with Gasteiger partial charge in [-0.3, -0.25) is 4.79 Å². The summed E-state index contributed by atoms with van der Waals surface area (Å²) < 4.78 is 1.75. The predicted molar refractivity (Wildman–Crippen MR) is 139 cm³/mol. The second-order valence-corrected chi connectivity index (χ2v) is 9.79. The largest absolute Gasteiger partial charge is 0.465 e. The van der Waals surface area contributed by atoms with Gasteiger partial charge in [0.05, 0.1) is 4.90 Å². The van der Waals surface area contributed by atoms with Crippen molar-refractivity contribution in [3.63, 3.8) is 0 Å². The van der Waals surface area contributed by atoms with E-state index in [1.807, 2.05) is 54.7 Å². The van der Waals surface area contributed by atoms with Gasteiger partial charge < -0.3 is 20.6 Å². The van der Waals surface area contributed by atoms with E-state index in [1.54, 1.807) is 16.3 Å². The first-order valence-corrected chi connectivity index (χ1v) is 12.5. The Morgan fingerprint density at radius 2 is 1.69 bits per heavy atom. The van der Waals surface area contributed by atoms with E-state index in [0.29, 0.717) is 25.0 Å². The topological polar surface area (TPSA) is 112 Å². The molecular weight excluding hydrogens is 476 g/mol. The van der Waals surface area contributed by atoms with E-state index >= 15 is 0 Å². The number of nitrogens with one attached hydrogen (secondary N) is 2. The molecule has 10 heteroatoms. The number of likely N-dealkylation sites (tertiary alicyclic amines) is 1. The lowest BCUT2D eigenvalue weighted by atomic mass is 9.89. The summed E-state index contributed by atoms with van der Waals surface area (Å²) in [6, 6.07) is 19.8. The van der Waals surface area contributed by atoms with Crippen molar-refractivity contribution in [2.24, 2.45) is 0 Å². The molecule has 36 heavy (non-hydrogen) atoms. The zero-order valence-electron chi connectivity index (χ0n) is 19.7. The molecule has 184 valence electrons. The molecule has 0 aliphatic carbocycles. The third-order valence-electron chi connectivity index (χ3n) is 6.13. The molecule has 0 atom stereocenters. The van der Waals surface area contributed by atoms with Gasteiger partial charge in [-0.15, -0.1) is 5.10 Å². The summed E-state index contributed by atoms with van der Waals surface area (Å²) in [6.45, 7) is 2.64. The molecule has 3 N–H and O–H groups in total. The molecule has 1 fully saturated rings. The summed E-state index contributed by atoms with van der Waals surface area (Å²) in [5.74, 6) is 0.779. The van der Waals surface area contributed by atoms with Gasteiger partial charge in [0.2, 0.25) is 11.9 Å². The lowest BCUT2D eigenvalue weighted by molar-refractivity contribution is -0.114. The minimum Gasteiger partial charge on any atom is -0.465 e. The third-order valence-corrected chi connectivity index (χ3v) is 7.18. The molecule has 3 heterocycles.